The zero-order valence-corrected chi connectivity index (χ0v) is 25.3. The van der Waals surface area contributed by atoms with Gasteiger partial charge in [-0.25, -0.2) is 15.0 Å². The van der Waals surface area contributed by atoms with Crippen LogP contribution in [0.15, 0.2) is 143 Å². The van der Waals surface area contributed by atoms with Gasteiger partial charge < -0.3 is 8.83 Å². The van der Waals surface area contributed by atoms with Crippen LogP contribution in [0.5, 0.6) is 0 Å². The summed E-state index contributed by atoms with van der Waals surface area (Å²) >= 11 is 0. The summed E-state index contributed by atoms with van der Waals surface area (Å²) in [4.78, 5) is 20.1. The first-order valence-electron chi connectivity index (χ1n) is 15.9. The summed E-state index contributed by atoms with van der Waals surface area (Å²) in [7, 11) is 0. The third-order valence-electron chi connectivity index (χ3n) is 9.61. The van der Waals surface area contributed by atoms with E-state index in [2.05, 4.69) is 65.6 Å². The quantitative estimate of drug-likeness (QED) is 0.197. The lowest BCUT2D eigenvalue weighted by Gasteiger charge is -2.12. The highest BCUT2D eigenvalue weighted by Gasteiger charge is 2.25. The summed E-state index contributed by atoms with van der Waals surface area (Å²) in [6.45, 7) is 0. The van der Waals surface area contributed by atoms with E-state index in [0.29, 0.717) is 17.5 Å². The second kappa shape index (κ2) is 9.44. The van der Waals surface area contributed by atoms with E-state index in [-0.39, 0.29) is 0 Å². The molecular weight excluding hydrogens is 592 g/mol. The van der Waals surface area contributed by atoms with Gasteiger partial charge in [-0.15, -0.1) is 0 Å². The maximum Gasteiger partial charge on any atom is 0.164 e. The van der Waals surface area contributed by atoms with Crippen LogP contribution in [-0.4, -0.2) is 19.9 Å². The third-order valence-corrected chi connectivity index (χ3v) is 9.61. The molecule has 0 amide bonds. The Balaban J connectivity index is 1.24. The van der Waals surface area contributed by atoms with Crippen molar-refractivity contribution in [3.63, 3.8) is 0 Å². The van der Waals surface area contributed by atoms with Gasteiger partial charge in [0.2, 0.25) is 0 Å². The van der Waals surface area contributed by atoms with Crippen LogP contribution in [0.3, 0.4) is 0 Å². The molecule has 1 aliphatic carbocycles. The fourth-order valence-corrected chi connectivity index (χ4v) is 7.55. The Hall–Kier alpha value is -6.66. The van der Waals surface area contributed by atoms with Gasteiger partial charge in [0.1, 0.15) is 22.3 Å². The van der Waals surface area contributed by atoms with Gasteiger partial charge in [-0.05, 0) is 63.9 Å². The molecular formula is C42H22N4O2. The molecule has 4 heterocycles. The number of furan rings is 2. The number of para-hydroxylation sites is 2. The number of hydrogen-bond acceptors (Lipinski definition) is 6. The van der Waals surface area contributed by atoms with Crippen LogP contribution in [0.1, 0.15) is 0 Å². The van der Waals surface area contributed by atoms with Crippen molar-refractivity contribution in [3.8, 4) is 56.4 Å². The Morgan fingerprint density at radius 3 is 1.50 bits per heavy atom. The molecule has 0 saturated carbocycles. The number of nitrogens with zero attached hydrogens (tertiary/aromatic N) is 4. The predicted octanol–water partition coefficient (Wildman–Crippen LogP) is 10.9. The predicted molar refractivity (Wildman–Crippen MR) is 190 cm³/mol. The van der Waals surface area contributed by atoms with Crippen molar-refractivity contribution in [3.05, 3.63) is 134 Å². The van der Waals surface area contributed by atoms with Crippen molar-refractivity contribution in [2.45, 2.75) is 0 Å². The number of hydrogen-bond donors (Lipinski definition) is 0. The standard InChI is InChI=1S/C42H22N4O2/c1-3-14-33-28(8-1)38-30(12-6-16-35(38)47-33)41-44-40(27-19-18-26-23-20-21-43-22-32(23)25-11-5-10-24(27)37(25)26)45-42(46-41)31-13-7-17-36-39(31)29-9-2-4-15-34(29)48-36/h1-22H. The first-order valence-corrected chi connectivity index (χ1v) is 15.9. The maximum absolute atomic E-state index is 6.27. The summed E-state index contributed by atoms with van der Waals surface area (Å²) in [5.74, 6) is 1.75. The van der Waals surface area contributed by atoms with Crippen molar-refractivity contribution in [1.82, 2.24) is 19.9 Å². The molecule has 6 nitrogen and oxygen atoms in total. The van der Waals surface area contributed by atoms with Crippen molar-refractivity contribution < 1.29 is 8.83 Å². The molecule has 0 unspecified atom stereocenters. The summed E-state index contributed by atoms with van der Waals surface area (Å²) in [6.07, 6.45) is 3.81. The number of rotatable bonds is 3. The number of aromatic nitrogens is 4. The van der Waals surface area contributed by atoms with E-state index in [1.165, 1.54) is 22.1 Å². The summed E-state index contributed by atoms with van der Waals surface area (Å²) in [5.41, 5.74) is 10.6. The lowest BCUT2D eigenvalue weighted by Crippen LogP contribution is -2.01. The van der Waals surface area contributed by atoms with E-state index >= 15 is 0 Å². The second-order valence-electron chi connectivity index (χ2n) is 12.2. The van der Waals surface area contributed by atoms with Gasteiger partial charge in [0.15, 0.2) is 17.5 Å². The van der Waals surface area contributed by atoms with Gasteiger partial charge in [0.05, 0.1) is 0 Å². The van der Waals surface area contributed by atoms with Crippen LogP contribution in [0.4, 0.5) is 0 Å². The van der Waals surface area contributed by atoms with E-state index in [1.807, 2.05) is 73.1 Å². The van der Waals surface area contributed by atoms with E-state index in [4.69, 9.17) is 23.8 Å². The second-order valence-corrected chi connectivity index (χ2v) is 12.2. The molecule has 222 valence electrons. The summed E-state index contributed by atoms with van der Waals surface area (Å²) < 4.78 is 12.5. The highest BCUT2D eigenvalue weighted by molar-refractivity contribution is 6.18. The molecule has 0 saturated heterocycles. The largest absolute Gasteiger partial charge is 0.456 e. The Morgan fingerprint density at radius 2 is 0.833 bits per heavy atom. The van der Waals surface area contributed by atoms with Crippen molar-refractivity contribution in [2.24, 2.45) is 0 Å². The molecule has 0 fully saturated rings. The SMILES string of the molecule is c1ccc2c(c1)oc1cccc(-c3nc(-c4ccc5c6c(cccc46)-c4cnccc4-5)nc(-c4cccc5oc6ccccc6c45)n3)c12. The van der Waals surface area contributed by atoms with Gasteiger partial charge >= 0.3 is 0 Å². The van der Waals surface area contributed by atoms with Crippen molar-refractivity contribution in [2.75, 3.05) is 0 Å². The van der Waals surface area contributed by atoms with E-state index < -0.39 is 0 Å². The monoisotopic (exact) mass is 614 g/mol. The van der Waals surface area contributed by atoms with Gasteiger partial charge in [-0.1, -0.05) is 84.9 Å². The Kier molecular flexibility index (Phi) is 5.02. The van der Waals surface area contributed by atoms with Crippen LogP contribution in [-0.2, 0) is 0 Å². The normalized spacial score (nSPS) is 12.2. The molecule has 6 aromatic carbocycles. The average Bonchev–Trinajstić information content (AvgIpc) is 3.82. The molecule has 0 atom stereocenters. The summed E-state index contributed by atoms with van der Waals surface area (Å²) in [5, 5.41) is 6.27. The number of fused-ring (bicyclic) bond motifs is 9. The molecule has 6 heteroatoms. The van der Waals surface area contributed by atoms with E-state index in [1.54, 1.807) is 0 Å². The molecule has 48 heavy (non-hydrogen) atoms. The zero-order valence-electron chi connectivity index (χ0n) is 25.3. The Morgan fingerprint density at radius 1 is 0.333 bits per heavy atom. The lowest BCUT2D eigenvalue weighted by atomic mass is 9.98. The first kappa shape index (κ1) is 25.5. The number of benzene rings is 6. The average molecular weight is 615 g/mol. The third kappa shape index (κ3) is 3.46. The van der Waals surface area contributed by atoms with Crippen LogP contribution in [0.2, 0.25) is 0 Å². The zero-order chi connectivity index (χ0) is 31.3. The topological polar surface area (TPSA) is 77.8 Å². The van der Waals surface area contributed by atoms with Crippen LogP contribution < -0.4 is 0 Å². The molecule has 1 aliphatic rings. The minimum Gasteiger partial charge on any atom is -0.456 e. The van der Waals surface area contributed by atoms with Crippen LogP contribution in [0.25, 0.3) is 111 Å². The van der Waals surface area contributed by atoms with Gasteiger partial charge in [0, 0.05) is 56.2 Å². The molecule has 11 rings (SSSR count). The molecule has 0 spiro atoms. The minimum absolute atomic E-state index is 0.577. The molecule has 0 bridgehead atoms. The van der Waals surface area contributed by atoms with Gasteiger partial charge in [0.25, 0.3) is 0 Å². The van der Waals surface area contributed by atoms with Crippen LogP contribution in [0, 0.1) is 0 Å². The fourth-order valence-electron chi connectivity index (χ4n) is 7.55. The fraction of sp³-hybridized carbons (Fsp3) is 0. The molecule has 0 radical (unpaired) electrons. The van der Waals surface area contributed by atoms with Crippen molar-refractivity contribution in [1.29, 1.82) is 0 Å². The Labute approximate surface area is 273 Å². The smallest absolute Gasteiger partial charge is 0.164 e. The van der Waals surface area contributed by atoms with Gasteiger partial charge in [-0.3, -0.25) is 4.98 Å². The van der Waals surface area contributed by atoms with Crippen molar-refractivity contribution >= 4 is 54.6 Å². The lowest BCUT2D eigenvalue weighted by molar-refractivity contribution is 0.668. The molecule has 0 aliphatic heterocycles. The first-order chi connectivity index (χ1) is 23.8. The van der Waals surface area contributed by atoms with E-state index in [9.17, 15) is 0 Å². The maximum atomic E-state index is 6.27. The molecule has 4 aromatic heterocycles. The van der Waals surface area contributed by atoms with Gasteiger partial charge in [-0.2, -0.15) is 0 Å². The van der Waals surface area contributed by atoms with E-state index in [0.717, 1.165) is 71.5 Å². The highest BCUT2D eigenvalue weighted by atomic mass is 16.3. The van der Waals surface area contributed by atoms with Crippen LogP contribution >= 0.6 is 0 Å². The highest BCUT2D eigenvalue weighted by Crippen LogP contribution is 2.49. The number of pyridine rings is 1. The minimum atomic E-state index is 0.577. The molecule has 0 N–H and O–H groups in total. The molecule has 10 aromatic rings. The Bertz CT molecular complexity index is 2810. The summed E-state index contributed by atoms with van der Waals surface area (Å²) in [6, 6.07) is 41.2.